The number of carbonyl (C=O) groups excluding carboxylic acids is 1. The predicted molar refractivity (Wildman–Crippen MR) is 110 cm³/mol. The number of benzene rings is 1. The van der Waals surface area contributed by atoms with E-state index in [0.717, 1.165) is 36.3 Å². The lowest BCUT2D eigenvalue weighted by Crippen LogP contribution is -2.23. The van der Waals surface area contributed by atoms with Crippen LogP contribution in [0.15, 0.2) is 67.1 Å². The third-order valence-electron chi connectivity index (χ3n) is 5.10. The van der Waals surface area contributed by atoms with Crippen LogP contribution in [0, 0.1) is 6.92 Å². The van der Waals surface area contributed by atoms with Crippen LogP contribution in [0.4, 0.5) is 5.69 Å². The zero-order valence-corrected chi connectivity index (χ0v) is 16.0. The van der Waals surface area contributed by atoms with Crippen molar-refractivity contribution in [1.82, 2.24) is 14.9 Å². The summed E-state index contributed by atoms with van der Waals surface area (Å²) in [6.45, 7) is 3.82. The molecule has 0 unspecified atom stereocenters. The van der Waals surface area contributed by atoms with Gasteiger partial charge in [-0.25, -0.2) is 0 Å². The van der Waals surface area contributed by atoms with E-state index in [0.29, 0.717) is 17.3 Å². The Morgan fingerprint density at radius 1 is 1.18 bits per heavy atom. The molecule has 142 valence electrons. The molecule has 0 aliphatic carbocycles. The quantitative estimate of drug-likeness (QED) is 0.722. The fourth-order valence-corrected chi connectivity index (χ4v) is 3.80. The fraction of sp³-hybridized carbons (Fsp3) is 0.261. The van der Waals surface area contributed by atoms with Crippen LogP contribution in [0.2, 0.25) is 0 Å². The average molecular weight is 372 g/mol. The Labute approximate surface area is 165 Å². The van der Waals surface area contributed by atoms with Gasteiger partial charge in [0.25, 0.3) is 5.91 Å². The van der Waals surface area contributed by atoms with E-state index in [1.807, 2.05) is 49.5 Å². The summed E-state index contributed by atoms with van der Waals surface area (Å²) in [4.78, 5) is 23.8. The largest absolute Gasteiger partial charge is 0.321 e. The summed E-state index contributed by atoms with van der Waals surface area (Å²) in [5, 5.41) is 2.93. The Bertz CT molecular complexity index is 958. The molecule has 4 rings (SSSR count). The highest BCUT2D eigenvalue weighted by molar-refractivity contribution is 6.04. The standard InChI is InChI=1S/C23H24N4O/c1-17-12-20(15-24-14-17)26-23(28)19-7-4-6-18(13-19)16-27-11-5-9-22(27)21-8-2-3-10-25-21/h2-4,6-8,10,12-15,22H,5,9,11,16H2,1H3,(H,26,28)/t22-/m1/s1. The molecule has 1 aliphatic heterocycles. The van der Waals surface area contributed by atoms with Gasteiger partial charge in [0.05, 0.1) is 23.6 Å². The molecule has 3 aromatic rings. The van der Waals surface area contributed by atoms with E-state index in [1.54, 1.807) is 12.4 Å². The molecule has 28 heavy (non-hydrogen) atoms. The molecule has 5 nitrogen and oxygen atoms in total. The molecule has 1 fully saturated rings. The maximum Gasteiger partial charge on any atom is 0.255 e. The van der Waals surface area contributed by atoms with Crippen molar-refractivity contribution in [3.63, 3.8) is 0 Å². The van der Waals surface area contributed by atoms with Crippen LogP contribution >= 0.6 is 0 Å². The van der Waals surface area contributed by atoms with E-state index in [9.17, 15) is 4.79 Å². The number of nitrogens with zero attached hydrogens (tertiary/aromatic N) is 3. The van der Waals surface area contributed by atoms with Gasteiger partial charge >= 0.3 is 0 Å². The first-order valence-electron chi connectivity index (χ1n) is 9.66. The lowest BCUT2D eigenvalue weighted by molar-refractivity contribution is 0.102. The Morgan fingerprint density at radius 3 is 2.93 bits per heavy atom. The van der Waals surface area contributed by atoms with Crippen LogP contribution in [-0.2, 0) is 6.54 Å². The van der Waals surface area contributed by atoms with Crippen molar-refractivity contribution >= 4 is 11.6 Å². The monoisotopic (exact) mass is 372 g/mol. The van der Waals surface area contributed by atoms with E-state index in [-0.39, 0.29) is 5.91 Å². The minimum absolute atomic E-state index is 0.114. The SMILES string of the molecule is Cc1cncc(NC(=O)c2cccc(CN3CCC[C@@H]3c3ccccn3)c2)c1. The molecule has 0 saturated carbocycles. The molecule has 2 aromatic heterocycles. The Kier molecular flexibility index (Phi) is 5.44. The van der Waals surface area contributed by atoms with Gasteiger partial charge in [-0.3, -0.25) is 19.7 Å². The summed E-state index contributed by atoms with van der Waals surface area (Å²) in [6.07, 6.45) is 7.58. The minimum atomic E-state index is -0.114. The number of hydrogen-bond acceptors (Lipinski definition) is 4. The predicted octanol–water partition coefficient (Wildman–Crippen LogP) is 4.37. The minimum Gasteiger partial charge on any atom is -0.321 e. The number of pyridine rings is 2. The zero-order chi connectivity index (χ0) is 19.3. The van der Waals surface area contributed by atoms with Crippen molar-refractivity contribution in [2.24, 2.45) is 0 Å². The van der Waals surface area contributed by atoms with E-state index >= 15 is 0 Å². The second kappa shape index (κ2) is 8.31. The van der Waals surface area contributed by atoms with Gasteiger partial charge in [-0.1, -0.05) is 18.2 Å². The topological polar surface area (TPSA) is 58.1 Å². The van der Waals surface area contributed by atoms with Crippen molar-refractivity contribution in [3.8, 4) is 0 Å². The molecular weight excluding hydrogens is 348 g/mol. The van der Waals surface area contributed by atoms with E-state index in [2.05, 4.69) is 32.3 Å². The van der Waals surface area contributed by atoms with Crippen molar-refractivity contribution < 1.29 is 4.79 Å². The highest BCUT2D eigenvalue weighted by Crippen LogP contribution is 2.32. The van der Waals surface area contributed by atoms with E-state index in [4.69, 9.17) is 0 Å². The van der Waals surface area contributed by atoms with E-state index < -0.39 is 0 Å². The second-order valence-corrected chi connectivity index (χ2v) is 7.29. The lowest BCUT2D eigenvalue weighted by atomic mass is 10.1. The highest BCUT2D eigenvalue weighted by Gasteiger charge is 2.26. The van der Waals surface area contributed by atoms with Gasteiger partial charge in [-0.05, 0) is 67.8 Å². The Hall–Kier alpha value is -3.05. The van der Waals surface area contributed by atoms with Gasteiger partial charge in [0.1, 0.15) is 0 Å². The first kappa shape index (κ1) is 18.3. The molecule has 1 atom stereocenters. The molecule has 1 amide bonds. The Morgan fingerprint density at radius 2 is 2.11 bits per heavy atom. The molecule has 5 heteroatoms. The van der Waals surface area contributed by atoms with Gasteiger partial charge in [0, 0.05) is 24.5 Å². The molecule has 1 saturated heterocycles. The third-order valence-corrected chi connectivity index (χ3v) is 5.10. The maximum absolute atomic E-state index is 12.6. The summed E-state index contributed by atoms with van der Waals surface area (Å²) in [6, 6.07) is 16.2. The number of aromatic nitrogens is 2. The smallest absolute Gasteiger partial charge is 0.255 e. The summed E-state index contributed by atoms with van der Waals surface area (Å²) < 4.78 is 0. The first-order chi connectivity index (χ1) is 13.7. The van der Waals surface area contributed by atoms with Gasteiger partial charge in [-0.2, -0.15) is 0 Å². The maximum atomic E-state index is 12.6. The van der Waals surface area contributed by atoms with Crippen LogP contribution in [0.5, 0.6) is 0 Å². The summed E-state index contributed by atoms with van der Waals surface area (Å²) >= 11 is 0. The number of aryl methyl sites for hydroxylation is 1. The molecular formula is C23H24N4O. The number of rotatable bonds is 5. The first-order valence-corrected chi connectivity index (χ1v) is 9.66. The number of anilines is 1. The van der Waals surface area contributed by atoms with Gasteiger partial charge in [0.15, 0.2) is 0 Å². The van der Waals surface area contributed by atoms with Crippen molar-refractivity contribution in [3.05, 3.63) is 89.5 Å². The lowest BCUT2D eigenvalue weighted by Gasteiger charge is -2.24. The van der Waals surface area contributed by atoms with E-state index in [1.165, 1.54) is 6.42 Å². The average Bonchev–Trinajstić information content (AvgIpc) is 3.17. The van der Waals surface area contributed by atoms with Crippen LogP contribution in [0.1, 0.15) is 46.1 Å². The van der Waals surface area contributed by atoms with Gasteiger partial charge < -0.3 is 5.32 Å². The second-order valence-electron chi connectivity index (χ2n) is 7.29. The van der Waals surface area contributed by atoms with Crippen molar-refractivity contribution in [2.75, 3.05) is 11.9 Å². The number of hydrogen-bond donors (Lipinski definition) is 1. The fourth-order valence-electron chi connectivity index (χ4n) is 3.80. The number of carbonyl (C=O) groups is 1. The normalized spacial score (nSPS) is 16.8. The van der Waals surface area contributed by atoms with Gasteiger partial charge in [-0.15, -0.1) is 0 Å². The van der Waals surface area contributed by atoms with Crippen LogP contribution < -0.4 is 5.32 Å². The molecule has 1 N–H and O–H groups in total. The highest BCUT2D eigenvalue weighted by atomic mass is 16.1. The number of nitrogens with one attached hydrogen (secondary N) is 1. The van der Waals surface area contributed by atoms with Crippen LogP contribution in [0.25, 0.3) is 0 Å². The third kappa shape index (κ3) is 4.26. The molecule has 1 aromatic carbocycles. The summed E-state index contributed by atoms with van der Waals surface area (Å²) in [5.74, 6) is -0.114. The number of likely N-dealkylation sites (tertiary alicyclic amines) is 1. The van der Waals surface area contributed by atoms with Crippen molar-refractivity contribution in [1.29, 1.82) is 0 Å². The van der Waals surface area contributed by atoms with Crippen molar-refractivity contribution in [2.45, 2.75) is 32.4 Å². The number of amides is 1. The molecule has 1 aliphatic rings. The summed E-state index contributed by atoms with van der Waals surface area (Å²) in [7, 11) is 0. The molecule has 3 heterocycles. The molecule has 0 spiro atoms. The zero-order valence-electron chi connectivity index (χ0n) is 16.0. The molecule has 0 radical (unpaired) electrons. The van der Waals surface area contributed by atoms with Crippen LogP contribution in [-0.4, -0.2) is 27.3 Å². The van der Waals surface area contributed by atoms with Gasteiger partial charge in [0.2, 0.25) is 0 Å². The molecule has 0 bridgehead atoms. The Balaban J connectivity index is 1.47. The van der Waals surface area contributed by atoms with Crippen LogP contribution in [0.3, 0.4) is 0 Å². The summed E-state index contributed by atoms with van der Waals surface area (Å²) in [5.41, 5.74) is 4.65.